The molecule has 0 rings (SSSR count). The maximum absolute atomic E-state index is 10.7. The molecule has 8 nitrogen and oxygen atoms in total. The molecular formula is C42H82CaO8S2. The predicted octanol–water partition coefficient (Wildman–Crippen LogP) is 12.7. The quantitative estimate of drug-likeness (QED) is 0.0198. The summed E-state index contributed by atoms with van der Waals surface area (Å²) in [6.07, 6.45) is 44.6. The summed E-state index contributed by atoms with van der Waals surface area (Å²) in [5, 5.41) is 0. The van der Waals surface area contributed by atoms with Gasteiger partial charge in [0.25, 0.3) is 0 Å². The van der Waals surface area contributed by atoms with E-state index >= 15 is 0 Å². The zero-order valence-electron chi connectivity index (χ0n) is 34.9. The van der Waals surface area contributed by atoms with Crippen molar-refractivity contribution in [3.05, 3.63) is 24.3 Å². The monoisotopic (exact) mass is 819 g/mol. The van der Waals surface area contributed by atoms with Crippen molar-refractivity contribution in [2.24, 2.45) is 11.8 Å². The SMILES string of the molecule is CCCCCC/C=C/C(CCCCCCCCCCC)COS(=O)(=O)[O-].CCCCCC/C=C/C(CCCCCCCCCCC)COS(=O)(=O)[O-].[Ca+2]. The van der Waals surface area contributed by atoms with E-state index in [1.807, 2.05) is 12.2 Å². The molecule has 2 atom stereocenters. The Hall–Kier alpha value is 0.480. The fourth-order valence-electron chi connectivity index (χ4n) is 6.20. The molecular weight excluding hydrogens is 737 g/mol. The van der Waals surface area contributed by atoms with Gasteiger partial charge in [0.1, 0.15) is 0 Å². The molecule has 0 N–H and O–H groups in total. The first-order valence-corrected chi connectivity index (χ1v) is 24.2. The molecule has 0 heterocycles. The molecule has 0 saturated heterocycles. The first kappa shape index (κ1) is 57.8. The summed E-state index contributed by atoms with van der Waals surface area (Å²) < 4.78 is 73.2. The van der Waals surface area contributed by atoms with Crippen molar-refractivity contribution in [3.63, 3.8) is 0 Å². The van der Waals surface area contributed by atoms with Crippen LogP contribution in [0.5, 0.6) is 0 Å². The van der Waals surface area contributed by atoms with E-state index in [9.17, 15) is 25.9 Å². The Morgan fingerprint density at radius 1 is 0.415 bits per heavy atom. The normalized spacial score (nSPS) is 13.2. The van der Waals surface area contributed by atoms with E-state index in [0.29, 0.717) is 0 Å². The number of hydrogen-bond donors (Lipinski definition) is 0. The minimum atomic E-state index is -4.60. The van der Waals surface area contributed by atoms with Gasteiger partial charge in [0.15, 0.2) is 0 Å². The van der Waals surface area contributed by atoms with Crippen LogP contribution in [-0.4, -0.2) is 76.9 Å². The van der Waals surface area contributed by atoms with Crippen LogP contribution in [0.2, 0.25) is 0 Å². The molecule has 53 heavy (non-hydrogen) atoms. The molecule has 11 heteroatoms. The molecule has 0 aliphatic heterocycles. The third-order valence-electron chi connectivity index (χ3n) is 9.48. The Morgan fingerprint density at radius 2 is 0.660 bits per heavy atom. The molecule has 312 valence electrons. The second-order valence-corrected chi connectivity index (χ2v) is 16.8. The van der Waals surface area contributed by atoms with E-state index in [1.54, 1.807) is 0 Å². The summed E-state index contributed by atoms with van der Waals surface area (Å²) in [6.45, 7) is 8.81. The van der Waals surface area contributed by atoms with Gasteiger partial charge in [-0.05, 0) is 38.5 Å². The predicted molar refractivity (Wildman–Crippen MR) is 224 cm³/mol. The van der Waals surface area contributed by atoms with Crippen molar-refractivity contribution < 1.29 is 34.3 Å². The fraction of sp³-hybridized carbons (Fsp3) is 0.905. The molecule has 0 aliphatic rings. The maximum atomic E-state index is 10.7. The Labute approximate surface area is 359 Å². The van der Waals surface area contributed by atoms with Crippen molar-refractivity contribution in [1.82, 2.24) is 0 Å². The van der Waals surface area contributed by atoms with Gasteiger partial charge >= 0.3 is 37.7 Å². The molecule has 2 unspecified atom stereocenters. The average Bonchev–Trinajstić information content (AvgIpc) is 3.09. The number of rotatable bonds is 38. The van der Waals surface area contributed by atoms with Gasteiger partial charge in [-0.1, -0.05) is 206 Å². The van der Waals surface area contributed by atoms with Crippen LogP contribution in [0.1, 0.15) is 220 Å². The largest absolute Gasteiger partial charge is 2.00 e. The van der Waals surface area contributed by atoms with Gasteiger partial charge in [-0.2, -0.15) is 0 Å². The molecule has 0 aromatic carbocycles. The zero-order chi connectivity index (χ0) is 39.0. The second-order valence-electron chi connectivity index (χ2n) is 14.7. The number of hydrogen-bond acceptors (Lipinski definition) is 8. The van der Waals surface area contributed by atoms with Crippen LogP contribution in [0, 0.1) is 11.8 Å². The third-order valence-corrected chi connectivity index (χ3v) is 10.3. The smallest absolute Gasteiger partial charge is 0.726 e. The van der Waals surface area contributed by atoms with Crippen LogP contribution in [0.25, 0.3) is 0 Å². The average molecular weight is 819 g/mol. The fourth-order valence-corrected chi connectivity index (χ4v) is 6.88. The minimum Gasteiger partial charge on any atom is -0.726 e. The van der Waals surface area contributed by atoms with Gasteiger partial charge in [-0.25, -0.2) is 16.8 Å². The minimum absolute atomic E-state index is 0. The van der Waals surface area contributed by atoms with Crippen LogP contribution in [-0.2, 0) is 29.2 Å². The van der Waals surface area contributed by atoms with Gasteiger partial charge in [-0.3, -0.25) is 8.37 Å². The molecule has 0 fully saturated rings. The summed E-state index contributed by atoms with van der Waals surface area (Å²) in [5.74, 6) is 0.0453. The zero-order valence-corrected chi connectivity index (χ0v) is 38.7. The van der Waals surface area contributed by atoms with E-state index in [1.165, 1.54) is 141 Å². The first-order valence-electron chi connectivity index (χ1n) is 21.5. The van der Waals surface area contributed by atoms with Crippen molar-refractivity contribution >= 4 is 58.5 Å². The number of unbranched alkanes of at least 4 members (excludes halogenated alkanes) is 24. The number of allylic oxidation sites excluding steroid dienone is 2. The Morgan fingerprint density at radius 3 is 0.925 bits per heavy atom. The van der Waals surface area contributed by atoms with Crippen molar-refractivity contribution in [2.45, 2.75) is 220 Å². The van der Waals surface area contributed by atoms with Gasteiger partial charge in [0, 0.05) is 11.8 Å². The molecule has 0 aromatic rings. The molecule has 0 aromatic heterocycles. The molecule has 0 spiro atoms. The van der Waals surface area contributed by atoms with E-state index in [0.717, 1.165) is 51.4 Å². The van der Waals surface area contributed by atoms with Gasteiger partial charge < -0.3 is 9.11 Å². The Balaban J connectivity index is -0.000000926. The van der Waals surface area contributed by atoms with Gasteiger partial charge in [-0.15, -0.1) is 0 Å². The van der Waals surface area contributed by atoms with E-state index in [2.05, 4.69) is 48.2 Å². The van der Waals surface area contributed by atoms with E-state index in [4.69, 9.17) is 0 Å². The van der Waals surface area contributed by atoms with Crippen LogP contribution in [0.15, 0.2) is 24.3 Å². The molecule has 0 bridgehead atoms. The maximum Gasteiger partial charge on any atom is 2.00 e. The van der Waals surface area contributed by atoms with E-state index in [-0.39, 0.29) is 62.8 Å². The second kappa shape index (κ2) is 43.6. The Kier molecular flexibility index (Phi) is 47.5. The molecule has 0 amide bonds. The molecule has 0 radical (unpaired) electrons. The first-order chi connectivity index (χ1) is 25.0. The summed E-state index contributed by atoms with van der Waals surface area (Å²) >= 11 is 0. The topological polar surface area (TPSA) is 133 Å². The summed E-state index contributed by atoms with van der Waals surface area (Å²) in [4.78, 5) is 0. The summed E-state index contributed by atoms with van der Waals surface area (Å²) in [5.41, 5.74) is 0. The van der Waals surface area contributed by atoms with Crippen LogP contribution in [0.4, 0.5) is 0 Å². The van der Waals surface area contributed by atoms with Gasteiger partial charge in [0.2, 0.25) is 20.8 Å². The molecule has 0 aliphatic carbocycles. The summed E-state index contributed by atoms with van der Waals surface area (Å²) in [6, 6.07) is 0. The van der Waals surface area contributed by atoms with Crippen LogP contribution >= 0.6 is 0 Å². The van der Waals surface area contributed by atoms with Crippen molar-refractivity contribution in [1.29, 1.82) is 0 Å². The standard InChI is InChI=1S/2C21H42O4S.Ca/c2*1-3-5-7-9-11-12-13-15-17-19-21(20-25-26(22,23)24)18-16-14-10-8-6-4-2;/h2*16,18,21H,3-15,17,19-20H2,1-2H3,(H,22,23,24);/q;;+2/p-2/b2*18-16+;. The Bertz CT molecular complexity index is 923. The third kappa shape index (κ3) is 52.5. The van der Waals surface area contributed by atoms with E-state index < -0.39 is 20.8 Å². The van der Waals surface area contributed by atoms with Crippen molar-refractivity contribution in [2.75, 3.05) is 13.2 Å². The van der Waals surface area contributed by atoms with Crippen LogP contribution < -0.4 is 0 Å². The molecule has 0 saturated carbocycles. The van der Waals surface area contributed by atoms with Gasteiger partial charge in [0.05, 0.1) is 13.2 Å². The van der Waals surface area contributed by atoms with Crippen molar-refractivity contribution in [3.8, 4) is 0 Å². The summed E-state index contributed by atoms with van der Waals surface area (Å²) in [7, 11) is -9.19. The van der Waals surface area contributed by atoms with Crippen LogP contribution in [0.3, 0.4) is 0 Å².